The van der Waals surface area contributed by atoms with Crippen molar-refractivity contribution in [3.8, 4) is 0 Å². The van der Waals surface area contributed by atoms with E-state index in [0.717, 1.165) is 6.20 Å². The van der Waals surface area contributed by atoms with E-state index in [1.165, 1.54) is 21.6 Å². The van der Waals surface area contributed by atoms with Crippen molar-refractivity contribution in [2.75, 3.05) is 0 Å². The molecule has 0 bridgehead atoms. The van der Waals surface area contributed by atoms with E-state index >= 15 is 0 Å². The summed E-state index contributed by atoms with van der Waals surface area (Å²) in [6.45, 7) is 2.06. The molecule has 3 rings (SSSR count). The number of rotatable bonds is 7. The van der Waals surface area contributed by atoms with Crippen LogP contribution in [-0.2, 0) is 19.5 Å². The largest absolute Gasteiger partial charge is 0.423 e. The third-order valence-electron chi connectivity index (χ3n) is 3.40. The molecule has 0 spiro atoms. The molecule has 3 aromatic heterocycles. The van der Waals surface area contributed by atoms with Gasteiger partial charge in [0.05, 0.1) is 4.92 Å². The fourth-order valence-electron chi connectivity index (χ4n) is 2.16. The number of halogens is 2. The second kappa shape index (κ2) is 6.75. The third kappa shape index (κ3) is 3.84. The topological polar surface area (TPSA) is 118 Å². The number of nitro groups is 1. The zero-order valence-corrected chi connectivity index (χ0v) is 13.0. The Morgan fingerprint density at radius 1 is 1.36 bits per heavy atom. The quantitative estimate of drug-likeness (QED) is 0.470. The van der Waals surface area contributed by atoms with Crippen LogP contribution in [0.4, 0.5) is 14.5 Å². The Bertz CT molecular complexity index is 886. The van der Waals surface area contributed by atoms with Gasteiger partial charge in [-0.25, -0.2) is 8.78 Å². The van der Waals surface area contributed by atoms with E-state index < -0.39 is 11.3 Å². The van der Waals surface area contributed by atoms with Gasteiger partial charge in [0, 0.05) is 18.7 Å². The first kappa shape index (κ1) is 16.7. The van der Waals surface area contributed by atoms with Crippen LogP contribution in [0.15, 0.2) is 22.9 Å². The Kier molecular flexibility index (Phi) is 4.50. The molecule has 0 aromatic carbocycles. The van der Waals surface area contributed by atoms with Gasteiger partial charge in [-0.3, -0.25) is 19.5 Å². The summed E-state index contributed by atoms with van der Waals surface area (Å²) in [5.41, 5.74) is 0.145. The van der Waals surface area contributed by atoms with Crippen molar-refractivity contribution in [1.29, 1.82) is 0 Å². The average Bonchev–Trinajstić information content (AvgIpc) is 3.26. The third-order valence-corrected chi connectivity index (χ3v) is 3.40. The van der Waals surface area contributed by atoms with Crippen molar-refractivity contribution in [3.63, 3.8) is 0 Å². The summed E-state index contributed by atoms with van der Waals surface area (Å²) in [5.74, 6) is 0.542. The van der Waals surface area contributed by atoms with E-state index in [-0.39, 0.29) is 23.8 Å². The summed E-state index contributed by atoms with van der Waals surface area (Å²) >= 11 is 0. The van der Waals surface area contributed by atoms with Crippen LogP contribution in [0.5, 0.6) is 0 Å². The zero-order valence-electron chi connectivity index (χ0n) is 13.0. The van der Waals surface area contributed by atoms with Crippen molar-refractivity contribution in [3.05, 3.63) is 51.7 Å². The van der Waals surface area contributed by atoms with Crippen LogP contribution in [0.25, 0.3) is 0 Å². The Morgan fingerprint density at radius 3 is 2.76 bits per heavy atom. The predicted molar refractivity (Wildman–Crippen MR) is 77.9 cm³/mol. The molecule has 0 amide bonds. The van der Waals surface area contributed by atoms with Crippen molar-refractivity contribution >= 4 is 5.69 Å². The predicted octanol–water partition coefficient (Wildman–Crippen LogP) is 1.91. The van der Waals surface area contributed by atoms with E-state index in [4.69, 9.17) is 4.42 Å². The zero-order chi connectivity index (χ0) is 18.0. The minimum atomic E-state index is -2.64. The summed E-state index contributed by atoms with van der Waals surface area (Å²) in [7, 11) is 0. The lowest BCUT2D eigenvalue weighted by molar-refractivity contribution is -0.385. The lowest BCUT2D eigenvalue weighted by Gasteiger charge is -1.99. The molecule has 0 atom stereocenters. The van der Waals surface area contributed by atoms with E-state index in [1.807, 2.05) is 0 Å². The monoisotopic (exact) mass is 353 g/mol. The first-order chi connectivity index (χ1) is 11.9. The highest BCUT2D eigenvalue weighted by molar-refractivity contribution is 5.20. The molecule has 0 aliphatic heterocycles. The normalized spacial score (nSPS) is 11.4. The van der Waals surface area contributed by atoms with E-state index in [1.54, 1.807) is 6.92 Å². The standard InChI is InChI=1S/C13H13F2N7O3/c1-8-4-10(13(14)15)19-21(8)7-12-18-17-11(25-12)2-3-20-6-9(5-16-20)22(23)24/h4-6,13H,2-3,7H2,1H3. The van der Waals surface area contributed by atoms with Crippen LogP contribution in [0, 0.1) is 17.0 Å². The molecular formula is C13H13F2N7O3. The summed E-state index contributed by atoms with van der Waals surface area (Å²) in [4.78, 5) is 10.1. The minimum Gasteiger partial charge on any atom is -0.423 e. The molecule has 10 nitrogen and oxygen atoms in total. The van der Waals surface area contributed by atoms with Crippen LogP contribution in [0.3, 0.4) is 0 Å². The van der Waals surface area contributed by atoms with Gasteiger partial charge in [-0.1, -0.05) is 0 Å². The molecule has 0 aliphatic rings. The van der Waals surface area contributed by atoms with Gasteiger partial charge in [-0.15, -0.1) is 10.2 Å². The average molecular weight is 353 g/mol. The second-order valence-electron chi connectivity index (χ2n) is 5.23. The molecular weight excluding hydrogens is 340 g/mol. The van der Waals surface area contributed by atoms with Gasteiger partial charge < -0.3 is 4.42 Å². The van der Waals surface area contributed by atoms with Crippen LogP contribution in [0.2, 0.25) is 0 Å². The number of hydrogen-bond acceptors (Lipinski definition) is 7. The highest BCUT2D eigenvalue weighted by Crippen LogP contribution is 2.18. The lowest BCUT2D eigenvalue weighted by Crippen LogP contribution is -2.04. The van der Waals surface area contributed by atoms with Crippen LogP contribution < -0.4 is 0 Å². The van der Waals surface area contributed by atoms with Crippen molar-refractivity contribution in [2.45, 2.75) is 32.9 Å². The molecule has 0 saturated carbocycles. The minimum absolute atomic E-state index is 0.0821. The SMILES string of the molecule is Cc1cc(C(F)F)nn1Cc1nnc(CCn2cc([N+](=O)[O-])cn2)o1. The number of aryl methyl sites for hydroxylation is 3. The molecule has 0 aliphatic carbocycles. The molecule has 0 fully saturated rings. The van der Waals surface area contributed by atoms with E-state index in [9.17, 15) is 18.9 Å². The smallest absolute Gasteiger partial charge is 0.306 e. The molecule has 0 saturated heterocycles. The number of alkyl halides is 2. The maximum Gasteiger partial charge on any atom is 0.306 e. The highest BCUT2D eigenvalue weighted by Gasteiger charge is 2.16. The van der Waals surface area contributed by atoms with Crippen molar-refractivity contribution < 1.29 is 18.1 Å². The Labute approximate surface area is 139 Å². The Balaban J connectivity index is 1.61. The van der Waals surface area contributed by atoms with Crippen molar-refractivity contribution in [1.82, 2.24) is 29.8 Å². The molecule has 12 heteroatoms. The summed E-state index contributed by atoms with van der Waals surface area (Å²) in [6, 6.07) is 1.30. The molecule has 3 heterocycles. The summed E-state index contributed by atoms with van der Waals surface area (Å²) in [5, 5.41) is 25.9. The Morgan fingerprint density at radius 2 is 2.12 bits per heavy atom. The molecule has 0 N–H and O–H groups in total. The first-order valence-corrected chi connectivity index (χ1v) is 7.23. The van der Waals surface area contributed by atoms with Gasteiger partial charge in [0.2, 0.25) is 11.8 Å². The van der Waals surface area contributed by atoms with Gasteiger partial charge in [-0.2, -0.15) is 10.2 Å². The fourth-order valence-corrected chi connectivity index (χ4v) is 2.16. The van der Waals surface area contributed by atoms with E-state index in [0.29, 0.717) is 24.6 Å². The van der Waals surface area contributed by atoms with Crippen LogP contribution >= 0.6 is 0 Å². The second-order valence-corrected chi connectivity index (χ2v) is 5.23. The molecule has 25 heavy (non-hydrogen) atoms. The van der Waals surface area contributed by atoms with Crippen LogP contribution in [-0.4, -0.2) is 34.7 Å². The molecule has 0 radical (unpaired) electrons. The lowest BCUT2D eigenvalue weighted by atomic mass is 10.4. The molecule has 3 aromatic rings. The van der Waals surface area contributed by atoms with Crippen molar-refractivity contribution in [2.24, 2.45) is 0 Å². The van der Waals surface area contributed by atoms with E-state index in [2.05, 4.69) is 20.4 Å². The molecule has 0 unspecified atom stereocenters. The first-order valence-electron chi connectivity index (χ1n) is 7.23. The Hall–Kier alpha value is -3.18. The number of hydrogen-bond donors (Lipinski definition) is 0. The van der Waals surface area contributed by atoms with Crippen LogP contribution in [0.1, 0.15) is 29.6 Å². The maximum atomic E-state index is 12.6. The van der Waals surface area contributed by atoms with Gasteiger partial charge in [0.25, 0.3) is 6.43 Å². The summed E-state index contributed by atoms with van der Waals surface area (Å²) in [6.07, 6.45) is 0.138. The fraction of sp³-hybridized carbons (Fsp3) is 0.385. The number of nitrogens with zero attached hydrogens (tertiary/aromatic N) is 7. The van der Waals surface area contributed by atoms with Gasteiger partial charge >= 0.3 is 5.69 Å². The number of aromatic nitrogens is 6. The van der Waals surface area contributed by atoms with Gasteiger partial charge in [0.15, 0.2) is 0 Å². The maximum absolute atomic E-state index is 12.6. The summed E-state index contributed by atoms with van der Waals surface area (Å²) < 4.78 is 33.5. The molecule has 132 valence electrons. The highest BCUT2D eigenvalue weighted by atomic mass is 19.3. The van der Waals surface area contributed by atoms with Gasteiger partial charge in [-0.05, 0) is 13.0 Å². The van der Waals surface area contributed by atoms with Gasteiger partial charge in [0.1, 0.15) is 24.6 Å².